The molecule has 2 amide bonds. The number of nitrogens with zero attached hydrogens (tertiary/aromatic N) is 2. The van der Waals surface area contributed by atoms with Crippen molar-refractivity contribution in [2.75, 3.05) is 6.54 Å². The predicted molar refractivity (Wildman–Crippen MR) is 72.1 cm³/mol. The molecule has 0 fully saturated rings. The minimum Gasteiger partial charge on any atom is -0.487 e. The van der Waals surface area contributed by atoms with E-state index in [4.69, 9.17) is 4.74 Å². The van der Waals surface area contributed by atoms with Crippen LogP contribution in [-0.4, -0.2) is 35.2 Å². The lowest BCUT2D eigenvalue weighted by molar-refractivity contribution is -0.121. The molecule has 1 aliphatic heterocycles. The van der Waals surface area contributed by atoms with Gasteiger partial charge in [0.15, 0.2) is 0 Å². The lowest BCUT2D eigenvalue weighted by Gasteiger charge is -2.16. The van der Waals surface area contributed by atoms with Crippen molar-refractivity contribution in [3.8, 4) is 5.75 Å². The van der Waals surface area contributed by atoms with Crippen LogP contribution in [0.4, 0.5) is 0 Å². The Morgan fingerprint density at radius 2 is 2.40 bits per heavy atom. The molecule has 0 bridgehead atoms. The lowest BCUT2D eigenvalue weighted by Crippen LogP contribution is -2.40. The van der Waals surface area contributed by atoms with Crippen molar-refractivity contribution in [3.05, 3.63) is 24.5 Å². The summed E-state index contributed by atoms with van der Waals surface area (Å²) in [6, 6.07) is 3.58. The summed E-state index contributed by atoms with van der Waals surface area (Å²) >= 11 is 0. The Hall–Kier alpha value is -2.44. The summed E-state index contributed by atoms with van der Waals surface area (Å²) in [4.78, 5) is 26.7. The fourth-order valence-electron chi connectivity index (χ4n) is 1.67. The van der Waals surface area contributed by atoms with E-state index in [-0.39, 0.29) is 24.3 Å². The van der Waals surface area contributed by atoms with Crippen LogP contribution in [0.1, 0.15) is 19.8 Å². The Labute approximate surface area is 116 Å². The Bertz CT molecular complexity index is 516. The number of carbonyl (C=O) groups is 2. The van der Waals surface area contributed by atoms with Crippen molar-refractivity contribution in [3.63, 3.8) is 0 Å². The number of ether oxygens (including phenoxy) is 1. The van der Waals surface area contributed by atoms with Crippen LogP contribution >= 0.6 is 0 Å². The molecule has 2 N–H and O–H groups in total. The van der Waals surface area contributed by atoms with Crippen molar-refractivity contribution in [2.45, 2.75) is 25.9 Å². The maximum absolute atomic E-state index is 11.8. The molecule has 0 saturated carbocycles. The summed E-state index contributed by atoms with van der Waals surface area (Å²) < 4.78 is 5.58. The van der Waals surface area contributed by atoms with E-state index in [0.717, 1.165) is 0 Å². The van der Waals surface area contributed by atoms with Crippen LogP contribution in [0.15, 0.2) is 29.6 Å². The second kappa shape index (κ2) is 6.65. The maximum atomic E-state index is 11.8. The molecule has 20 heavy (non-hydrogen) atoms. The van der Waals surface area contributed by atoms with Gasteiger partial charge in [-0.1, -0.05) is 0 Å². The normalized spacial score (nSPS) is 15.8. The first-order chi connectivity index (χ1) is 9.65. The number of hydrogen-bond acceptors (Lipinski definition) is 5. The molecule has 1 aliphatic rings. The van der Waals surface area contributed by atoms with E-state index in [2.05, 4.69) is 20.8 Å². The van der Waals surface area contributed by atoms with Gasteiger partial charge in [0.25, 0.3) is 5.91 Å². The predicted octanol–water partition coefficient (Wildman–Crippen LogP) is 0.231. The molecule has 0 spiro atoms. The van der Waals surface area contributed by atoms with Gasteiger partial charge in [-0.2, -0.15) is 5.10 Å². The molecule has 1 atom stereocenters. The molecule has 0 saturated heterocycles. The van der Waals surface area contributed by atoms with Crippen molar-refractivity contribution in [1.29, 1.82) is 0 Å². The van der Waals surface area contributed by atoms with Crippen LogP contribution in [0.3, 0.4) is 0 Å². The van der Waals surface area contributed by atoms with Gasteiger partial charge in [-0.3, -0.25) is 14.6 Å². The highest BCUT2D eigenvalue weighted by atomic mass is 16.5. The fourth-order valence-corrected chi connectivity index (χ4v) is 1.67. The van der Waals surface area contributed by atoms with E-state index < -0.39 is 0 Å². The average molecular weight is 276 g/mol. The van der Waals surface area contributed by atoms with Crippen LogP contribution in [-0.2, 0) is 9.59 Å². The Kier molecular flexibility index (Phi) is 4.65. The molecule has 1 aromatic heterocycles. The first kappa shape index (κ1) is 14.0. The number of carbonyl (C=O) groups excluding carboxylic acids is 2. The topological polar surface area (TPSA) is 92.7 Å². The third-order valence-electron chi connectivity index (χ3n) is 2.69. The minimum atomic E-state index is -0.286. The molecular weight excluding hydrogens is 260 g/mol. The zero-order chi connectivity index (χ0) is 14.4. The van der Waals surface area contributed by atoms with E-state index >= 15 is 0 Å². The van der Waals surface area contributed by atoms with Gasteiger partial charge in [0.2, 0.25) is 5.91 Å². The zero-order valence-electron chi connectivity index (χ0n) is 11.1. The highest BCUT2D eigenvalue weighted by Crippen LogP contribution is 2.08. The summed E-state index contributed by atoms with van der Waals surface area (Å²) in [7, 11) is 0. The van der Waals surface area contributed by atoms with Gasteiger partial charge in [0.05, 0.1) is 12.7 Å². The number of rotatable bonds is 5. The molecule has 106 valence electrons. The molecule has 0 radical (unpaired) electrons. The van der Waals surface area contributed by atoms with E-state index in [1.54, 1.807) is 24.5 Å². The maximum Gasteiger partial charge on any atom is 0.267 e. The molecule has 2 heterocycles. The van der Waals surface area contributed by atoms with Crippen molar-refractivity contribution < 1.29 is 14.3 Å². The second-order valence-corrected chi connectivity index (χ2v) is 4.42. The van der Waals surface area contributed by atoms with Gasteiger partial charge in [0, 0.05) is 19.0 Å². The minimum absolute atomic E-state index is 0.171. The standard InChI is InChI=1S/C13H16N4O3/c1-9(20-10-3-2-6-14-8-10)7-15-13(19)11-4-5-12(18)17-16-11/h2-3,6,8-9H,4-5,7H2,1H3,(H,15,19)(H,17,18). The monoisotopic (exact) mass is 276 g/mol. The number of nitrogens with one attached hydrogen (secondary N) is 2. The third-order valence-corrected chi connectivity index (χ3v) is 2.69. The van der Waals surface area contributed by atoms with E-state index in [1.165, 1.54) is 0 Å². The molecule has 1 aromatic rings. The zero-order valence-corrected chi connectivity index (χ0v) is 11.1. The Morgan fingerprint density at radius 1 is 1.55 bits per heavy atom. The summed E-state index contributed by atoms with van der Waals surface area (Å²) in [6.07, 6.45) is 3.72. The largest absolute Gasteiger partial charge is 0.487 e. The summed E-state index contributed by atoms with van der Waals surface area (Å²) in [5.74, 6) is 0.193. The molecule has 0 aliphatic carbocycles. The highest BCUT2D eigenvalue weighted by molar-refractivity contribution is 6.39. The Morgan fingerprint density at radius 3 is 3.05 bits per heavy atom. The molecule has 2 rings (SSSR count). The summed E-state index contributed by atoms with van der Waals surface area (Å²) in [6.45, 7) is 2.19. The average Bonchev–Trinajstić information content (AvgIpc) is 2.46. The smallest absolute Gasteiger partial charge is 0.267 e. The first-order valence-corrected chi connectivity index (χ1v) is 6.35. The van der Waals surface area contributed by atoms with Crippen LogP contribution in [0.2, 0.25) is 0 Å². The third kappa shape index (κ3) is 4.04. The summed E-state index contributed by atoms with van der Waals surface area (Å²) in [5, 5.41) is 6.45. The van der Waals surface area contributed by atoms with Gasteiger partial charge in [-0.15, -0.1) is 0 Å². The fraction of sp³-hybridized carbons (Fsp3) is 0.385. The summed E-state index contributed by atoms with van der Waals surface area (Å²) in [5.41, 5.74) is 2.62. The second-order valence-electron chi connectivity index (χ2n) is 4.42. The number of hydrazone groups is 1. The van der Waals surface area contributed by atoms with Crippen LogP contribution in [0.5, 0.6) is 5.75 Å². The lowest BCUT2D eigenvalue weighted by atomic mass is 10.1. The van der Waals surface area contributed by atoms with Gasteiger partial charge >= 0.3 is 0 Å². The number of amides is 2. The van der Waals surface area contributed by atoms with Gasteiger partial charge in [-0.05, 0) is 19.1 Å². The van der Waals surface area contributed by atoms with Crippen LogP contribution in [0.25, 0.3) is 0 Å². The molecule has 7 nitrogen and oxygen atoms in total. The highest BCUT2D eigenvalue weighted by Gasteiger charge is 2.18. The molecular formula is C13H16N4O3. The molecule has 0 aromatic carbocycles. The molecule has 7 heteroatoms. The van der Waals surface area contributed by atoms with Crippen LogP contribution < -0.4 is 15.5 Å². The van der Waals surface area contributed by atoms with E-state index in [1.807, 2.05) is 6.92 Å². The number of aromatic nitrogens is 1. The first-order valence-electron chi connectivity index (χ1n) is 6.35. The number of hydrogen-bond donors (Lipinski definition) is 2. The Balaban J connectivity index is 1.77. The molecule has 1 unspecified atom stereocenters. The van der Waals surface area contributed by atoms with Gasteiger partial charge in [-0.25, -0.2) is 5.43 Å². The van der Waals surface area contributed by atoms with Gasteiger partial charge < -0.3 is 10.1 Å². The van der Waals surface area contributed by atoms with E-state index in [0.29, 0.717) is 24.4 Å². The SMILES string of the molecule is CC(CNC(=O)C1=NNC(=O)CC1)Oc1cccnc1. The van der Waals surface area contributed by atoms with Crippen LogP contribution in [0, 0.1) is 0 Å². The van der Waals surface area contributed by atoms with E-state index in [9.17, 15) is 9.59 Å². The van der Waals surface area contributed by atoms with Gasteiger partial charge in [0.1, 0.15) is 17.6 Å². The van der Waals surface area contributed by atoms with Crippen molar-refractivity contribution in [2.24, 2.45) is 5.10 Å². The number of pyridine rings is 1. The van der Waals surface area contributed by atoms with Crippen molar-refractivity contribution >= 4 is 17.5 Å². The quantitative estimate of drug-likeness (QED) is 0.805. The van der Waals surface area contributed by atoms with Crippen molar-refractivity contribution in [1.82, 2.24) is 15.7 Å².